The Morgan fingerprint density at radius 3 is 2.68 bits per heavy atom. The third kappa shape index (κ3) is 2.62. The van der Waals surface area contributed by atoms with Crippen LogP contribution in [0.1, 0.15) is 37.3 Å². The second-order valence-electron chi connectivity index (χ2n) is 5.07. The lowest BCUT2D eigenvalue weighted by atomic mass is 9.76. The molecule has 0 saturated heterocycles. The van der Waals surface area contributed by atoms with Crippen LogP contribution >= 0.6 is 0 Å². The van der Waals surface area contributed by atoms with E-state index in [0.717, 1.165) is 18.4 Å². The molecule has 4 heteroatoms. The van der Waals surface area contributed by atoms with Gasteiger partial charge in [0.2, 0.25) is 5.91 Å². The molecule has 2 atom stereocenters. The number of nitrogens with zero attached hydrogens (tertiary/aromatic N) is 1. The first-order valence-electron chi connectivity index (χ1n) is 6.64. The van der Waals surface area contributed by atoms with Crippen LogP contribution in [0.25, 0.3) is 0 Å². The van der Waals surface area contributed by atoms with Gasteiger partial charge in [0.1, 0.15) is 6.54 Å². The zero-order valence-corrected chi connectivity index (χ0v) is 11.3. The van der Waals surface area contributed by atoms with Gasteiger partial charge in [-0.3, -0.25) is 9.59 Å². The van der Waals surface area contributed by atoms with Gasteiger partial charge in [-0.15, -0.1) is 0 Å². The molecule has 0 spiro atoms. The van der Waals surface area contributed by atoms with E-state index in [1.807, 2.05) is 38.1 Å². The number of aliphatic carboxylic acids is 1. The van der Waals surface area contributed by atoms with Crippen LogP contribution in [0.4, 0.5) is 0 Å². The summed E-state index contributed by atoms with van der Waals surface area (Å²) in [5, 5.41) is 8.95. The average molecular weight is 261 g/mol. The highest BCUT2D eigenvalue weighted by Crippen LogP contribution is 2.36. The monoisotopic (exact) mass is 261 g/mol. The molecule has 0 fully saturated rings. The maximum absolute atomic E-state index is 12.5. The van der Waals surface area contributed by atoms with Gasteiger partial charge in [0.05, 0.1) is 5.92 Å². The summed E-state index contributed by atoms with van der Waals surface area (Å²) < 4.78 is 0. The molecular formula is C15H19NO3. The first kappa shape index (κ1) is 13.6. The zero-order valence-electron chi connectivity index (χ0n) is 11.3. The first-order valence-corrected chi connectivity index (χ1v) is 6.64. The van der Waals surface area contributed by atoms with Crippen molar-refractivity contribution in [3.63, 3.8) is 0 Å². The smallest absolute Gasteiger partial charge is 0.323 e. The molecule has 0 bridgehead atoms. The largest absolute Gasteiger partial charge is 0.480 e. The molecule has 0 aliphatic heterocycles. The van der Waals surface area contributed by atoms with Gasteiger partial charge < -0.3 is 10.0 Å². The number of hydrogen-bond acceptors (Lipinski definition) is 2. The second-order valence-corrected chi connectivity index (χ2v) is 5.07. The summed E-state index contributed by atoms with van der Waals surface area (Å²) in [6, 6.07) is 7.81. The summed E-state index contributed by atoms with van der Waals surface area (Å²) in [6.45, 7) is 3.64. The summed E-state index contributed by atoms with van der Waals surface area (Å²) in [6.07, 6.45) is 1.48. The lowest BCUT2D eigenvalue weighted by Crippen LogP contribution is -2.46. The normalized spacial score (nSPS) is 18.1. The van der Waals surface area contributed by atoms with Gasteiger partial charge in [-0.05, 0) is 30.9 Å². The van der Waals surface area contributed by atoms with Crippen LogP contribution in [-0.2, 0) is 16.0 Å². The van der Waals surface area contributed by atoms with E-state index in [4.69, 9.17) is 5.11 Å². The molecule has 19 heavy (non-hydrogen) atoms. The Balaban J connectivity index is 2.15. The SMILES string of the molecule is CCC(C)N(CC(=O)O)C(=O)C1Cc2ccccc21. The maximum Gasteiger partial charge on any atom is 0.323 e. The maximum atomic E-state index is 12.5. The number of carboxylic acids is 1. The van der Waals surface area contributed by atoms with Crippen molar-refractivity contribution in [2.24, 2.45) is 0 Å². The quantitative estimate of drug-likeness (QED) is 0.882. The Bertz CT molecular complexity index is 498. The molecule has 1 N–H and O–H groups in total. The van der Waals surface area contributed by atoms with Crippen LogP contribution in [-0.4, -0.2) is 34.5 Å². The molecule has 0 aromatic heterocycles. The van der Waals surface area contributed by atoms with Crippen molar-refractivity contribution in [3.8, 4) is 0 Å². The van der Waals surface area contributed by atoms with Gasteiger partial charge in [-0.1, -0.05) is 31.2 Å². The standard InChI is InChI=1S/C15H19NO3/c1-3-10(2)16(9-14(17)18)15(19)13-8-11-6-4-5-7-12(11)13/h4-7,10,13H,3,8-9H2,1-2H3,(H,17,18). The van der Waals surface area contributed by atoms with E-state index in [1.165, 1.54) is 10.5 Å². The minimum Gasteiger partial charge on any atom is -0.480 e. The van der Waals surface area contributed by atoms with E-state index in [0.29, 0.717) is 0 Å². The molecule has 2 unspecified atom stereocenters. The highest BCUT2D eigenvalue weighted by Gasteiger charge is 2.36. The summed E-state index contributed by atoms with van der Waals surface area (Å²) >= 11 is 0. The van der Waals surface area contributed by atoms with Crippen molar-refractivity contribution in [3.05, 3.63) is 35.4 Å². The first-order chi connectivity index (χ1) is 9.04. The minimum absolute atomic E-state index is 0.0450. The third-order valence-corrected chi connectivity index (χ3v) is 3.86. The van der Waals surface area contributed by atoms with Gasteiger partial charge in [0.15, 0.2) is 0 Å². The Labute approximate surface area is 113 Å². The van der Waals surface area contributed by atoms with Gasteiger partial charge in [-0.2, -0.15) is 0 Å². The highest BCUT2D eigenvalue weighted by molar-refractivity contribution is 5.89. The summed E-state index contributed by atoms with van der Waals surface area (Å²) in [4.78, 5) is 24.9. The molecule has 1 aromatic carbocycles. The van der Waals surface area contributed by atoms with Crippen LogP contribution < -0.4 is 0 Å². The molecular weight excluding hydrogens is 242 g/mol. The van der Waals surface area contributed by atoms with Gasteiger partial charge >= 0.3 is 5.97 Å². The zero-order chi connectivity index (χ0) is 14.0. The lowest BCUT2D eigenvalue weighted by Gasteiger charge is -2.36. The van der Waals surface area contributed by atoms with Crippen LogP contribution in [0.15, 0.2) is 24.3 Å². The van der Waals surface area contributed by atoms with Crippen molar-refractivity contribution in [2.45, 2.75) is 38.6 Å². The second kappa shape index (κ2) is 5.43. The Kier molecular flexibility index (Phi) is 3.88. The van der Waals surface area contributed by atoms with Crippen molar-refractivity contribution < 1.29 is 14.7 Å². The molecule has 1 aliphatic rings. The fourth-order valence-electron chi connectivity index (χ4n) is 2.50. The summed E-state index contributed by atoms with van der Waals surface area (Å²) in [5.41, 5.74) is 2.24. The number of rotatable bonds is 5. The number of hydrogen-bond donors (Lipinski definition) is 1. The fourth-order valence-corrected chi connectivity index (χ4v) is 2.50. The molecule has 1 amide bonds. The average Bonchev–Trinajstić information content (AvgIpc) is 2.36. The van der Waals surface area contributed by atoms with E-state index in [1.54, 1.807) is 0 Å². The topological polar surface area (TPSA) is 57.6 Å². The van der Waals surface area contributed by atoms with E-state index >= 15 is 0 Å². The molecule has 1 aliphatic carbocycles. The van der Waals surface area contributed by atoms with Crippen molar-refractivity contribution in [1.29, 1.82) is 0 Å². The van der Waals surface area contributed by atoms with Crippen LogP contribution in [0.3, 0.4) is 0 Å². The van der Waals surface area contributed by atoms with Gasteiger partial charge in [0.25, 0.3) is 0 Å². The molecule has 4 nitrogen and oxygen atoms in total. The van der Waals surface area contributed by atoms with Crippen LogP contribution in [0.2, 0.25) is 0 Å². The van der Waals surface area contributed by atoms with Gasteiger partial charge in [0, 0.05) is 6.04 Å². The summed E-state index contributed by atoms with van der Waals surface area (Å²) in [7, 11) is 0. The van der Waals surface area contributed by atoms with Crippen LogP contribution in [0.5, 0.6) is 0 Å². The van der Waals surface area contributed by atoms with Crippen molar-refractivity contribution >= 4 is 11.9 Å². The van der Waals surface area contributed by atoms with E-state index in [-0.39, 0.29) is 24.4 Å². The number of fused-ring (bicyclic) bond motifs is 1. The molecule has 1 aromatic rings. The van der Waals surface area contributed by atoms with E-state index < -0.39 is 5.97 Å². The Morgan fingerprint density at radius 1 is 1.42 bits per heavy atom. The number of amides is 1. The molecule has 102 valence electrons. The van der Waals surface area contributed by atoms with Crippen molar-refractivity contribution in [2.75, 3.05) is 6.54 Å². The number of carbonyl (C=O) groups is 2. The predicted molar refractivity (Wildman–Crippen MR) is 72.0 cm³/mol. The highest BCUT2D eigenvalue weighted by atomic mass is 16.4. The van der Waals surface area contributed by atoms with E-state index in [9.17, 15) is 9.59 Å². The third-order valence-electron chi connectivity index (χ3n) is 3.86. The minimum atomic E-state index is -0.957. The lowest BCUT2D eigenvalue weighted by molar-refractivity contribution is -0.147. The van der Waals surface area contributed by atoms with Crippen molar-refractivity contribution in [1.82, 2.24) is 4.90 Å². The number of carbonyl (C=O) groups excluding carboxylic acids is 1. The fraction of sp³-hybridized carbons (Fsp3) is 0.467. The van der Waals surface area contributed by atoms with Crippen LogP contribution in [0, 0.1) is 0 Å². The van der Waals surface area contributed by atoms with Gasteiger partial charge in [-0.25, -0.2) is 0 Å². The molecule has 0 radical (unpaired) electrons. The number of carboxylic acid groups (broad SMARTS) is 1. The Morgan fingerprint density at radius 2 is 2.11 bits per heavy atom. The summed E-state index contributed by atoms with van der Waals surface area (Å²) in [5.74, 6) is -1.18. The Hall–Kier alpha value is -1.84. The molecule has 2 rings (SSSR count). The molecule has 0 saturated carbocycles. The molecule has 0 heterocycles. The van der Waals surface area contributed by atoms with E-state index in [2.05, 4.69) is 0 Å². The number of benzene rings is 1. The predicted octanol–water partition coefficient (Wildman–Crippen LogP) is 2.04.